The van der Waals surface area contributed by atoms with Gasteiger partial charge in [0.15, 0.2) is 5.75 Å². The quantitative estimate of drug-likeness (QED) is 0.378. The fourth-order valence-corrected chi connectivity index (χ4v) is 2.82. The van der Waals surface area contributed by atoms with Crippen molar-refractivity contribution in [3.63, 3.8) is 0 Å². The molecule has 1 N–H and O–H groups in total. The van der Waals surface area contributed by atoms with Crippen LogP contribution in [0, 0.1) is 0 Å². The van der Waals surface area contributed by atoms with Crippen LogP contribution in [-0.4, -0.2) is 5.11 Å². The molecule has 0 atom stereocenters. The van der Waals surface area contributed by atoms with Crippen molar-refractivity contribution < 1.29 is 5.11 Å². The van der Waals surface area contributed by atoms with Crippen LogP contribution in [0.1, 0.15) is 26.3 Å². The molecule has 0 fully saturated rings. The summed E-state index contributed by atoms with van der Waals surface area (Å²) in [5.41, 5.74) is 1.63. The van der Waals surface area contributed by atoms with Crippen LogP contribution in [0.25, 0.3) is 0 Å². The number of hydrogen-bond donors (Lipinski definition) is 1. The van der Waals surface area contributed by atoms with E-state index in [1.165, 1.54) is 12.1 Å². The predicted octanol–water partition coefficient (Wildman–Crippen LogP) is 7.83. The third kappa shape index (κ3) is 4.38. The number of hydrogen-bond acceptors (Lipinski definition) is 3. The monoisotopic (exact) mass is 434 g/mol. The average Bonchev–Trinajstić information content (AvgIpc) is 2.44. The number of phenolic OH excluding ortho intramolecular Hbond substituents is 1. The predicted molar refractivity (Wildman–Crippen MR) is 100 cm³/mol. The molecule has 0 saturated carbocycles. The second kappa shape index (κ2) is 6.98. The molecule has 0 radical (unpaired) electrons. The minimum atomic E-state index is -0.0955. The van der Waals surface area contributed by atoms with Crippen LogP contribution in [0.4, 0.5) is 11.4 Å². The summed E-state index contributed by atoms with van der Waals surface area (Å²) in [4.78, 5) is 0. The molecule has 0 aliphatic heterocycles. The highest BCUT2D eigenvalue weighted by Crippen LogP contribution is 2.41. The van der Waals surface area contributed by atoms with E-state index in [1.807, 2.05) is 6.07 Å². The lowest BCUT2D eigenvalue weighted by Crippen LogP contribution is -2.10. The van der Waals surface area contributed by atoms with Gasteiger partial charge in [-0.15, -0.1) is 10.2 Å². The highest BCUT2D eigenvalue weighted by molar-refractivity contribution is 9.10. The van der Waals surface area contributed by atoms with Crippen molar-refractivity contribution in [2.24, 2.45) is 10.2 Å². The summed E-state index contributed by atoms with van der Waals surface area (Å²) in [6.45, 7) is 6.22. The molecule has 7 heteroatoms. The molecule has 0 aliphatic rings. The first kappa shape index (κ1) is 18.5. The van der Waals surface area contributed by atoms with E-state index < -0.39 is 0 Å². The largest absolute Gasteiger partial charge is 0.505 e. The van der Waals surface area contributed by atoms with Crippen molar-refractivity contribution in [2.45, 2.75) is 26.2 Å². The number of benzene rings is 2. The zero-order valence-corrected chi connectivity index (χ0v) is 16.5. The Morgan fingerprint density at radius 2 is 1.43 bits per heavy atom. The van der Waals surface area contributed by atoms with Gasteiger partial charge in [-0.3, -0.25) is 0 Å². The lowest BCUT2D eigenvalue weighted by atomic mass is 9.87. The molecule has 0 saturated heterocycles. The van der Waals surface area contributed by atoms with Gasteiger partial charge in [-0.2, -0.15) is 0 Å². The Morgan fingerprint density at radius 1 is 0.870 bits per heavy atom. The maximum absolute atomic E-state index is 10.2. The number of halogens is 4. The van der Waals surface area contributed by atoms with E-state index in [2.05, 4.69) is 46.9 Å². The minimum absolute atomic E-state index is 0.0120. The van der Waals surface area contributed by atoms with Crippen LogP contribution in [0.15, 0.2) is 39.0 Å². The van der Waals surface area contributed by atoms with E-state index in [1.54, 1.807) is 6.07 Å². The van der Waals surface area contributed by atoms with Gasteiger partial charge in [0.05, 0.1) is 19.5 Å². The van der Waals surface area contributed by atoms with Crippen molar-refractivity contribution in [1.82, 2.24) is 0 Å². The minimum Gasteiger partial charge on any atom is -0.505 e. The lowest BCUT2D eigenvalue weighted by molar-refractivity contribution is 0.471. The number of phenols is 1. The molecule has 2 aromatic carbocycles. The van der Waals surface area contributed by atoms with Gasteiger partial charge in [0, 0.05) is 0 Å². The topological polar surface area (TPSA) is 45.0 Å². The second-order valence-electron chi connectivity index (χ2n) is 5.99. The van der Waals surface area contributed by atoms with Gasteiger partial charge in [0.25, 0.3) is 0 Å². The summed E-state index contributed by atoms with van der Waals surface area (Å²) in [6, 6.07) is 6.67. The van der Waals surface area contributed by atoms with Crippen molar-refractivity contribution in [1.29, 1.82) is 0 Å². The van der Waals surface area contributed by atoms with Crippen molar-refractivity contribution >= 4 is 62.1 Å². The summed E-state index contributed by atoms with van der Waals surface area (Å²) >= 11 is 21.3. The van der Waals surface area contributed by atoms with Gasteiger partial charge in [-0.25, -0.2) is 0 Å². The molecular formula is C16H14BrCl3N2O. The molecule has 0 aliphatic carbocycles. The van der Waals surface area contributed by atoms with Gasteiger partial charge in [-0.05, 0) is 51.2 Å². The summed E-state index contributed by atoms with van der Waals surface area (Å²) < 4.78 is 0.555. The molecular weight excluding hydrogens is 422 g/mol. The van der Waals surface area contributed by atoms with E-state index in [-0.39, 0.29) is 11.2 Å². The number of aromatic hydroxyl groups is 1. The molecule has 0 amide bonds. The van der Waals surface area contributed by atoms with Gasteiger partial charge in [0.1, 0.15) is 11.4 Å². The van der Waals surface area contributed by atoms with Crippen LogP contribution in [0.2, 0.25) is 15.1 Å². The van der Waals surface area contributed by atoms with E-state index >= 15 is 0 Å². The Kier molecular flexibility index (Phi) is 5.62. The molecule has 0 unspecified atom stereocenters. The molecule has 2 rings (SSSR count). The average molecular weight is 437 g/mol. The normalized spacial score (nSPS) is 12.1. The van der Waals surface area contributed by atoms with Crippen LogP contribution in [-0.2, 0) is 5.41 Å². The van der Waals surface area contributed by atoms with Gasteiger partial charge >= 0.3 is 0 Å². The molecule has 0 heterocycles. The molecule has 122 valence electrons. The summed E-state index contributed by atoms with van der Waals surface area (Å²) in [6.07, 6.45) is 0. The van der Waals surface area contributed by atoms with E-state index in [0.29, 0.717) is 30.9 Å². The van der Waals surface area contributed by atoms with E-state index in [0.717, 1.165) is 5.56 Å². The fourth-order valence-electron chi connectivity index (χ4n) is 1.79. The molecule has 0 bridgehead atoms. The summed E-state index contributed by atoms with van der Waals surface area (Å²) in [5, 5.41) is 19.3. The third-order valence-electron chi connectivity index (χ3n) is 3.16. The van der Waals surface area contributed by atoms with Crippen molar-refractivity contribution in [3.05, 3.63) is 49.4 Å². The molecule has 3 nitrogen and oxygen atoms in total. The van der Waals surface area contributed by atoms with Crippen LogP contribution >= 0.6 is 50.7 Å². The Labute approximate surface area is 158 Å². The first-order chi connectivity index (χ1) is 10.6. The zero-order valence-electron chi connectivity index (χ0n) is 12.7. The SMILES string of the molecule is CC(C)(C)c1cc(Br)c(O)c(N=Nc2cc(Cl)c(Cl)cc2Cl)c1. The maximum atomic E-state index is 10.2. The Balaban J connectivity index is 2.48. The highest BCUT2D eigenvalue weighted by Gasteiger charge is 2.18. The van der Waals surface area contributed by atoms with Crippen molar-refractivity contribution in [3.8, 4) is 5.75 Å². The molecule has 0 aromatic heterocycles. The first-order valence-corrected chi connectivity index (χ1v) is 8.61. The Bertz CT molecular complexity index is 786. The van der Waals surface area contributed by atoms with Crippen molar-refractivity contribution in [2.75, 3.05) is 0 Å². The summed E-state index contributed by atoms with van der Waals surface area (Å²) in [5.74, 6) is 0.0120. The smallest absolute Gasteiger partial charge is 0.157 e. The molecule has 0 spiro atoms. The Morgan fingerprint density at radius 3 is 2.04 bits per heavy atom. The number of azo groups is 1. The first-order valence-electron chi connectivity index (χ1n) is 6.69. The summed E-state index contributed by atoms with van der Waals surface area (Å²) in [7, 11) is 0. The maximum Gasteiger partial charge on any atom is 0.157 e. The van der Waals surface area contributed by atoms with E-state index in [4.69, 9.17) is 34.8 Å². The van der Waals surface area contributed by atoms with Gasteiger partial charge in [0.2, 0.25) is 0 Å². The molecule has 23 heavy (non-hydrogen) atoms. The lowest BCUT2D eigenvalue weighted by Gasteiger charge is -2.20. The number of rotatable bonds is 2. The van der Waals surface area contributed by atoms with Gasteiger partial charge < -0.3 is 5.11 Å². The third-order valence-corrected chi connectivity index (χ3v) is 4.79. The number of nitrogens with zero attached hydrogens (tertiary/aromatic N) is 2. The van der Waals surface area contributed by atoms with Crippen LogP contribution < -0.4 is 0 Å². The zero-order chi connectivity index (χ0) is 17.4. The van der Waals surface area contributed by atoms with Gasteiger partial charge in [-0.1, -0.05) is 55.6 Å². The molecule has 2 aromatic rings. The van der Waals surface area contributed by atoms with Crippen LogP contribution in [0.5, 0.6) is 5.75 Å². The Hall–Kier alpha value is -0.810. The highest BCUT2D eigenvalue weighted by atomic mass is 79.9. The standard InChI is InChI=1S/C16H14BrCl3N2O/c1-16(2,3)8-4-9(17)15(23)14(5-8)22-21-13-7-11(19)10(18)6-12(13)20/h4-7,23H,1-3H3. The fraction of sp³-hybridized carbons (Fsp3) is 0.250. The van der Waals surface area contributed by atoms with E-state index in [9.17, 15) is 5.11 Å². The van der Waals surface area contributed by atoms with Crippen LogP contribution in [0.3, 0.4) is 0 Å². The second-order valence-corrected chi connectivity index (χ2v) is 8.07.